The highest BCUT2D eigenvalue weighted by Gasteiger charge is 2.14. The molecular formula is C19H14IN5OS. The van der Waals surface area contributed by atoms with Gasteiger partial charge < -0.3 is 4.42 Å². The summed E-state index contributed by atoms with van der Waals surface area (Å²) in [5.41, 5.74) is 2.06. The maximum Gasteiger partial charge on any atom is 0.212 e. The Morgan fingerprint density at radius 1 is 1.07 bits per heavy atom. The Bertz CT molecular complexity index is 1050. The van der Waals surface area contributed by atoms with Crippen molar-refractivity contribution in [1.29, 1.82) is 0 Å². The summed E-state index contributed by atoms with van der Waals surface area (Å²) in [6, 6.07) is 17.8. The Labute approximate surface area is 173 Å². The fourth-order valence-electron chi connectivity index (χ4n) is 2.37. The van der Waals surface area contributed by atoms with Crippen LogP contribution in [0.3, 0.4) is 0 Å². The molecule has 27 heavy (non-hydrogen) atoms. The van der Waals surface area contributed by atoms with Crippen LogP contribution in [0.15, 0.2) is 81.7 Å². The van der Waals surface area contributed by atoms with E-state index in [1.54, 1.807) is 35.0 Å². The van der Waals surface area contributed by atoms with E-state index in [0.29, 0.717) is 16.7 Å². The molecule has 0 atom stereocenters. The van der Waals surface area contributed by atoms with Crippen LogP contribution >= 0.6 is 34.4 Å². The molecule has 0 bridgehead atoms. The lowest BCUT2D eigenvalue weighted by Crippen LogP contribution is -1.97. The molecule has 0 aliphatic carbocycles. The van der Waals surface area contributed by atoms with Gasteiger partial charge in [-0.1, -0.05) is 42.1 Å². The fraction of sp³-hybridized carbons (Fsp3) is 0.0526. The van der Waals surface area contributed by atoms with Gasteiger partial charge in [0.05, 0.1) is 6.21 Å². The average molecular weight is 487 g/mol. The minimum absolute atomic E-state index is 0.635. The van der Waals surface area contributed by atoms with E-state index in [9.17, 15) is 0 Å². The average Bonchev–Trinajstić information content (AvgIpc) is 3.32. The molecule has 0 fully saturated rings. The second-order valence-corrected chi connectivity index (χ2v) is 7.53. The molecule has 0 unspecified atom stereocenters. The first-order valence-electron chi connectivity index (χ1n) is 8.12. The predicted molar refractivity (Wildman–Crippen MR) is 114 cm³/mol. The highest BCUT2D eigenvalue weighted by Crippen LogP contribution is 2.26. The Morgan fingerprint density at radius 3 is 2.70 bits per heavy atom. The summed E-state index contributed by atoms with van der Waals surface area (Å²) in [7, 11) is 0. The fourth-order valence-corrected chi connectivity index (χ4v) is 3.65. The van der Waals surface area contributed by atoms with Gasteiger partial charge in [0, 0.05) is 23.7 Å². The number of halogens is 1. The molecular weight excluding hydrogens is 473 g/mol. The number of benzene rings is 1. The molecule has 0 saturated carbocycles. The maximum absolute atomic E-state index is 5.56. The lowest BCUT2D eigenvalue weighted by Gasteiger charge is -2.04. The smallest absolute Gasteiger partial charge is 0.212 e. The minimum atomic E-state index is 0.635. The molecule has 8 heteroatoms. The van der Waals surface area contributed by atoms with Crippen LogP contribution in [-0.2, 0) is 5.75 Å². The van der Waals surface area contributed by atoms with Crippen molar-refractivity contribution >= 4 is 40.6 Å². The van der Waals surface area contributed by atoms with Gasteiger partial charge in [0.2, 0.25) is 5.16 Å². The second kappa shape index (κ2) is 8.49. The van der Waals surface area contributed by atoms with Crippen molar-refractivity contribution in [2.75, 3.05) is 0 Å². The van der Waals surface area contributed by atoms with Gasteiger partial charge in [0.25, 0.3) is 0 Å². The zero-order valence-corrected chi connectivity index (χ0v) is 17.0. The number of aromatic nitrogens is 4. The maximum atomic E-state index is 5.56. The SMILES string of the molecule is Ic1ccc(/C=N\n2c(SCc3ccccc3)nnc2-c2cccnc2)o1. The zero-order chi connectivity index (χ0) is 18.5. The van der Waals surface area contributed by atoms with E-state index in [-0.39, 0.29) is 0 Å². The number of pyridine rings is 1. The molecule has 1 aromatic carbocycles. The molecule has 0 aliphatic rings. The monoisotopic (exact) mass is 487 g/mol. The van der Waals surface area contributed by atoms with E-state index < -0.39 is 0 Å². The van der Waals surface area contributed by atoms with Gasteiger partial charge in [-0.15, -0.1) is 10.2 Å². The molecule has 0 N–H and O–H groups in total. The summed E-state index contributed by atoms with van der Waals surface area (Å²) in [4.78, 5) is 4.17. The van der Waals surface area contributed by atoms with Crippen molar-refractivity contribution in [3.05, 3.63) is 82.1 Å². The normalized spacial score (nSPS) is 11.3. The van der Waals surface area contributed by atoms with Crippen LogP contribution in [0.4, 0.5) is 0 Å². The third-order valence-electron chi connectivity index (χ3n) is 3.64. The highest BCUT2D eigenvalue weighted by molar-refractivity contribution is 14.1. The second-order valence-electron chi connectivity index (χ2n) is 5.52. The first-order chi connectivity index (χ1) is 13.3. The Kier molecular flexibility index (Phi) is 5.64. The van der Waals surface area contributed by atoms with E-state index in [4.69, 9.17) is 4.42 Å². The molecule has 134 valence electrons. The Morgan fingerprint density at radius 2 is 1.96 bits per heavy atom. The van der Waals surface area contributed by atoms with Gasteiger partial charge in [-0.2, -0.15) is 9.78 Å². The highest BCUT2D eigenvalue weighted by atomic mass is 127. The summed E-state index contributed by atoms with van der Waals surface area (Å²) in [5, 5.41) is 13.9. The van der Waals surface area contributed by atoms with Gasteiger partial charge in [0.1, 0.15) is 5.76 Å². The van der Waals surface area contributed by atoms with Crippen LogP contribution in [-0.4, -0.2) is 26.1 Å². The van der Waals surface area contributed by atoms with Crippen molar-refractivity contribution < 1.29 is 4.42 Å². The third-order valence-corrected chi connectivity index (χ3v) is 5.21. The largest absolute Gasteiger partial charge is 0.449 e. The number of furan rings is 1. The van der Waals surface area contributed by atoms with Crippen molar-refractivity contribution in [3.63, 3.8) is 0 Å². The summed E-state index contributed by atoms with van der Waals surface area (Å²) in [6.45, 7) is 0. The van der Waals surface area contributed by atoms with Crippen LogP contribution < -0.4 is 0 Å². The van der Waals surface area contributed by atoms with Crippen molar-refractivity contribution in [2.45, 2.75) is 10.9 Å². The summed E-state index contributed by atoms with van der Waals surface area (Å²) < 4.78 is 8.09. The molecule has 4 rings (SSSR count). The van der Waals surface area contributed by atoms with E-state index in [1.807, 2.05) is 42.5 Å². The number of thioether (sulfide) groups is 1. The molecule has 0 radical (unpaired) electrons. The first kappa shape index (κ1) is 17.9. The van der Waals surface area contributed by atoms with E-state index in [2.05, 4.69) is 55.0 Å². The van der Waals surface area contributed by atoms with Gasteiger partial charge in [-0.05, 0) is 52.4 Å². The number of hydrogen-bond donors (Lipinski definition) is 0. The predicted octanol–water partition coefficient (Wildman–Crippen LogP) is 4.71. The van der Waals surface area contributed by atoms with E-state index in [0.717, 1.165) is 15.1 Å². The summed E-state index contributed by atoms with van der Waals surface area (Å²) >= 11 is 3.70. The van der Waals surface area contributed by atoms with Gasteiger partial charge in [0.15, 0.2) is 9.59 Å². The molecule has 0 spiro atoms. The number of hydrogen-bond acceptors (Lipinski definition) is 6. The summed E-state index contributed by atoms with van der Waals surface area (Å²) in [5.74, 6) is 2.08. The first-order valence-corrected chi connectivity index (χ1v) is 10.2. The van der Waals surface area contributed by atoms with Crippen LogP contribution in [0.2, 0.25) is 0 Å². The van der Waals surface area contributed by atoms with Crippen LogP contribution in [0.1, 0.15) is 11.3 Å². The van der Waals surface area contributed by atoms with Crippen LogP contribution in [0, 0.1) is 3.77 Å². The van der Waals surface area contributed by atoms with E-state index >= 15 is 0 Å². The molecule has 3 aromatic heterocycles. The van der Waals surface area contributed by atoms with Crippen LogP contribution in [0.25, 0.3) is 11.4 Å². The molecule has 0 aliphatic heterocycles. The van der Waals surface area contributed by atoms with E-state index in [1.165, 1.54) is 5.56 Å². The summed E-state index contributed by atoms with van der Waals surface area (Å²) in [6.07, 6.45) is 5.14. The van der Waals surface area contributed by atoms with Crippen molar-refractivity contribution in [2.24, 2.45) is 5.10 Å². The zero-order valence-electron chi connectivity index (χ0n) is 14.1. The van der Waals surface area contributed by atoms with Gasteiger partial charge >= 0.3 is 0 Å². The van der Waals surface area contributed by atoms with Crippen molar-refractivity contribution in [1.82, 2.24) is 19.9 Å². The molecule has 3 heterocycles. The minimum Gasteiger partial charge on any atom is -0.449 e. The molecule has 6 nitrogen and oxygen atoms in total. The third kappa shape index (κ3) is 4.45. The topological polar surface area (TPSA) is 69.1 Å². The number of nitrogens with zero attached hydrogens (tertiary/aromatic N) is 5. The molecule has 4 aromatic rings. The quantitative estimate of drug-likeness (QED) is 0.224. The lowest BCUT2D eigenvalue weighted by molar-refractivity contribution is 0.530. The standard InChI is InChI=1S/C19H14IN5OS/c20-17-9-8-16(26-17)12-22-25-18(15-7-4-10-21-11-15)23-24-19(25)27-13-14-5-2-1-3-6-14/h1-12H,13H2/b22-12-. The van der Waals surface area contributed by atoms with Gasteiger partial charge in [-0.25, -0.2) is 0 Å². The Balaban J connectivity index is 1.66. The Hall–Kier alpha value is -2.46. The lowest BCUT2D eigenvalue weighted by atomic mass is 10.2. The molecule has 0 saturated heterocycles. The van der Waals surface area contributed by atoms with Crippen LogP contribution in [0.5, 0.6) is 0 Å². The molecule has 0 amide bonds. The number of rotatable bonds is 6. The van der Waals surface area contributed by atoms with Crippen molar-refractivity contribution in [3.8, 4) is 11.4 Å². The van der Waals surface area contributed by atoms with Gasteiger partial charge in [-0.3, -0.25) is 4.98 Å².